The minimum atomic E-state index is -3.75. The number of hydrogen-bond acceptors (Lipinski definition) is 4. The predicted octanol–water partition coefficient (Wildman–Crippen LogP) is 1.49. The highest BCUT2D eigenvalue weighted by atomic mass is 32.2. The largest absolute Gasteiger partial charge is 0.349 e. The number of anilines is 1. The molecule has 1 aromatic heterocycles. The van der Waals surface area contributed by atoms with E-state index in [4.69, 9.17) is 5.14 Å². The van der Waals surface area contributed by atoms with Crippen LogP contribution >= 0.6 is 0 Å². The number of nitrogens with two attached hydrogens (primary N) is 1. The molecule has 2 aliphatic rings. The van der Waals surface area contributed by atoms with Gasteiger partial charge in [0.15, 0.2) is 0 Å². The summed E-state index contributed by atoms with van der Waals surface area (Å²) in [4.78, 5) is 17.2. The number of nitrogens with zero attached hydrogens (tertiary/aromatic N) is 3. The molecule has 0 unspecified atom stereocenters. The monoisotopic (exact) mass is 388 g/mol. The molecule has 2 aliphatic heterocycles. The average Bonchev–Trinajstić information content (AvgIpc) is 3.19. The minimum Gasteiger partial charge on any atom is -0.349 e. The Labute approximate surface area is 159 Å². The molecule has 3 heterocycles. The van der Waals surface area contributed by atoms with Gasteiger partial charge >= 0.3 is 0 Å². The molecule has 27 heavy (non-hydrogen) atoms. The molecule has 0 spiro atoms. The molecule has 0 radical (unpaired) electrons. The van der Waals surface area contributed by atoms with Crippen LogP contribution in [0.2, 0.25) is 0 Å². The van der Waals surface area contributed by atoms with Crippen LogP contribution in [-0.2, 0) is 27.8 Å². The number of fused-ring (bicyclic) bond motifs is 2. The lowest BCUT2D eigenvalue weighted by Crippen LogP contribution is -2.46. The quantitative estimate of drug-likeness (QED) is 0.863. The van der Waals surface area contributed by atoms with Gasteiger partial charge in [-0.2, -0.15) is 0 Å². The predicted molar refractivity (Wildman–Crippen MR) is 103 cm³/mol. The summed E-state index contributed by atoms with van der Waals surface area (Å²) in [7, 11) is -3.75. The van der Waals surface area contributed by atoms with Gasteiger partial charge in [0.1, 0.15) is 0 Å². The summed E-state index contributed by atoms with van der Waals surface area (Å²) in [6.07, 6.45) is 2.70. The molecule has 2 aromatic rings. The molecule has 8 heteroatoms. The van der Waals surface area contributed by atoms with Gasteiger partial charge in [-0.25, -0.2) is 13.6 Å². The van der Waals surface area contributed by atoms with Crippen LogP contribution in [0.4, 0.5) is 5.69 Å². The van der Waals surface area contributed by atoms with Crippen molar-refractivity contribution in [1.82, 2.24) is 9.47 Å². The van der Waals surface area contributed by atoms with Crippen LogP contribution in [-0.4, -0.2) is 42.9 Å². The summed E-state index contributed by atoms with van der Waals surface area (Å²) in [5, 5.41) is 5.23. The van der Waals surface area contributed by atoms with Gasteiger partial charge in [-0.3, -0.25) is 9.69 Å². The van der Waals surface area contributed by atoms with E-state index in [0.717, 1.165) is 24.3 Å². The Morgan fingerprint density at radius 2 is 2.00 bits per heavy atom. The number of hydrogen-bond donors (Lipinski definition) is 1. The van der Waals surface area contributed by atoms with Crippen molar-refractivity contribution >= 4 is 21.6 Å². The highest BCUT2D eigenvalue weighted by Crippen LogP contribution is 2.34. The Hall–Kier alpha value is -2.16. The highest BCUT2D eigenvalue weighted by Gasteiger charge is 2.34. The third-order valence-electron chi connectivity index (χ3n) is 5.67. The van der Waals surface area contributed by atoms with E-state index in [9.17, 15) is 13.2 Å². The van der Waals surface area contributed by atoms with Crippen molar-refractivity contribution in [2.75, 3.05) is 18.0 Å². The lowest BCUT2D eigenvalue weighted by atomic mass is 10.1. The average molecular weight is 388 g/mol. The lowest BCUT2D eigenvalue weighted by Gasteiger charge is -2.36. The molecule has 1 amide bonds. The number of carbonyl (C=O) groups excluding carboxylic acids is 1. The summed E-state index contributed by atoms with van der Waals surface area (Å²) in [5.74, 6) is 0.0384. The van der Waals surface area contributed by atoms with Crippen LogP contribution in [0.25, 0.3) is 0 Å². The summed E-state index contributed by atoms with van der Waals surface area (Å²) < 4.78 is 25.4. The van der Waals surface area contributed by atoms with Gasteiger partial charge in [0.05, 0.1) is 11.4 Å². The van der Waals surface area contributed by atoms with Crippen LogP contribution in [0.15, 0.2) is 41.4 Å². The molecule has 0 aliphatic carbocycles. The Morgan fingerprint density at radius 1 is 1.22 bits per heavy atom. The van der Waals surface area contributed by atoms with Crippen molar-refractivity contribution < 1.29 is 13.2 Å². The van der Waals surface area contributed by atoms with Gasteiger partial charge in [0.25, 0.3) is 0 Å². The normalized spacial score (nSPS) is 22.6. The molecule has 0 saturated heterocycles. The fourth-order valence-electron chi connectivity index (χ4n) is 4.26. The van der Waals surface area contributed by atoms with Crippen molar-refractivity contribution in [1.29, 1.82) is 0 Å². The first-order chi connectivity index (χ1) is 12.8. The van der Waals surface area contributed by atoms with E-state index in [1.54, 1.807) is 17.0 Å². The molecule has 2 atom stereocenters. The molecule has 7 nitrogen and oxygen atoms in total. The fraction of sp³-hybridized carbons (Fsp3) is 0.421. The topological polar surface area (TPSA) is 88.6 Å². The SMILES string of the molecule is C[C@@H]1Cc2cc(S(N)(=O)=O)ccc2N1C(=O)CN1CCn2cccc2[C@@H]1C. The second kappa shape index (κ2) is 6.47. The van der Waals surface area contributed by atoms with E-state index in [1.807, 2.05) is 13.0 Å². The number of carbonyl (C=O) groups is 1. The van der Waals surface area contributed by atoms with E-state index >= 15 is 0 Å². The lowest BCUT2D eigenvalue weighted by molar-refractivity contribution is -0.120. The number of amides is 1. The molecule has 0 fully saturated rings. The standard InChI is InChI=1S/C19H24N4O3S/c1-13-10-15-11-16(27(20,25)26)5-6-18(15)23(13)19(24)12-22-9-8-21-7-3-4-17(21)14(22)2/h3-7,11,13-14H,8-10,12H2,1-2H3,(H2,20,25,26)/t13-,14+/m1/s1. The van der Waals surface area contributed by atoms with Crippen LogP contribution in [0.3, 0.4) is 0 Å². The zero-order chi connectivity index (χ0) is 19.3. The summed E-state index contributed by atoms with van der Waals surface area (Å²) in [6, 6.07) is 9.07. The van der Waals surface area contributed by atoms with Gasteiger partial charge in [-0.1, -0.05) is 0 Å². The third kappa shape index (κ3) is 3.18. The van der Waals surface area contributed by atoms with E-state index < -0.39 is 10.0 Å². The Morgan fingerprint density at radius 3 is 2.74 bits per heavy atom. The smallest absolute Gasteiger partial charge is 0.241 e. The van der Waals surface area contributed by atoms with Crippen LogP contribution in [0, 0.1) is 0 Å². The Bertz CT molecular complexity index is 998. The molecular formula is C19H24N4O3S. The minimum absolute atomic E-state index is 0.00723. The number of primary sulfonamides is 1. The summed E-state index contributed by atoms with van der Waals surface area (Å²) in [6.45, 7) is 6.15. The van der Waals surface area contributed by atoms with E-state index in [2.05, 4.69) is 28.7 Å². The number of sulfonamides is 1. The maximum Gasteiger partial charge on any atom is 0.241 e. The van der Waals surface area contributed by atoms with Crippen molar-refractivity contribution in [2.24, 2.45) is 5.14 Å². The van der Waals surface area contributed by atoms with E-state index in [0.29, 0.717) is 13.0 Å². The first kappa shape index (κ1) is 18.2. The molecular weight excluding hydrogens is 364 g/mol. The van der Waals surface area contributed by atoms with Crippen molar-refractivity contribution in [2.45, 2.75) is 43.8 Å². The second-order valence-corrected chi connectivity index (χ2v) is 8.99. The maximum absolute atomic E-state index is 13.1. The van der Waals surface area contributed by atoms with Crippen molar-refractivity contribution in [3.63, 3.8) is 0 Å². The van der Waals surface area contributed by atoms with E-state index in [-0.39, 0.29) is 22.9 Å². The number of aromatic nitrogens is 1. The fourth-order valence-corrected chi connectivity index (χ4v) is 4.82. The van der Waals surface area contributed by atoms with Crippen LogP contribution in [0.5, 0.6) is 0 Å². The van der Waals surface area contributed by atoms with Crippen LogP contribution < -0.4 is 10.0 Å². The van der Waals surface area contributed by atoms with Crippen LogP contribution in [0.1, 0.15) is 31.1 Å². The van der Waals surface area contributed by atoms with Crippen molar-refractivity contribution in [3.05, 3.63) is 47.8 Å². The van der Waals surface area contributed by atoms with Gasteiger partial charge in [0, 0.05) is 42.8 Å². The summed E-state index contributed by atoms with van der Waals surface area (Å²) in [5.41, 5.74) is 2.86. The van der Waals surface area contributed by atoms with Gasteiger partial charge in [-0.15, -0.1) is 0 Å². The molecule has 144 valence electrons. The Kier molecular flexibility index (Phi) is 4.37. The van der Waals surface area contributed by atoms with Crippen molar-refractivity contribution in [3.8, 4) is 0 Å². The zero-order valence-corrected chi connectivity index (χ0v) is 16.3. The van der Waals surface area contributed by atoms with Gasteiger partial charge in [0.2, 0.25) is 15.9 Å². The highest BCUT2D eigenvalue weighted by molar-refractivity contribution is 7.89. The molecule has 1 aromatic carbocycles. The van der Waals surface area contributed by atoms with E-state index in [1.165, 1.54) is 11.8 Å². The van der Waals surface area contributed by atoms with Gasteiger partial charge < -0.3 is 9.47 Å². The Balaban J connectivity index is 1.55. The maximum atomic E-state index is 13.1. The third-order valence-corrected chi connectivity index (χ3v) is 6.58. The molecule has 0 saturated carbocycles. The second-order valence-electron chi connectivity index (χ2n) is 7.43. The first-order valence-electron chi connectivity index (χ1n) is 9.12. The molecule has 4 rings (SSSR count). The zero-order valence-electron chi connectivity index (χ0n) is 15.5. The summed E-state index contributed by atoms with van der Waals surface area (Å²) >= 11 is 0. The van der Waals surface area contributed by atoms with Gasteiger partial charge in [-0.05, 0) is 56.2 Å². The molecule has 0 bridgehead atoms. The number of benzene rings is 1. The number of rotatable bonds is 3. The molecule has 2 N–H and O–H groups in total. The first-order valence-corrected chi connectivity index (χ1v) is 10.7.